The van der Waals surface area contributed by atoms with Crippen molar-refractivity contribution in [2.24, 2.45) is 5.11 Å². The number of nitrogens with zero attached hydrogens (tertiary/aromatic N) is 1. The van der Waals surface area contributed by atoms with Crippen molar-refractivity contribution in [2.45, 2.75) is 6.54 Å². The number of benzene rings is 1. The van der Waals surface area contributed by atoms with Crippen molar-refractivity contribution >= 4 is 11.6 Å². The van der Waals surface area contributed by atoms with Crippen LogP contribution in [0.2, 0.25) is 5.02 Å². The van der Waals surface area contributed by atoms with E-state index >= 15 is 0 Å². The molecule has 0 radical (unpaired) electrons. The number of phenolic OH excluding ortho intramolecular Hbond substituents is 1. The summed E-state index contributed by atoms with van der Waals surface area (Å²) in [5.74, 6) is 0.286. The molecule has 2 N–H and O–H groups in total. The number of ether oxygens (including phenoxy) is 1. The maximum absolute atomic E-state index is 9.52. The van der Waals surface area contributed by atoms with Gasteiger partial charge in [-0.15, -0.1) is 0 Å². The van der Waals surface area contributed by atoms with Gasteiger partial charge in [-0.05, 0) is 6.07 Å². The molecule has 0 amide bonds. The Balaban J connectivity index is 3.18. The van der Waals surface area contributed by atoms with E-state index in [1.165, 1.54) is 13.2 Å². The minimum atomic E-state index is -0.0112. The van der Waals surface area contributed by atoms with Gasteiger partial charge in [-0.2, -0.15) is 5.11 Å². The Morgan fingerprint density at radius 2 is 2.31 bits per heavy atom. The van der Waals surface area contributed by atoms with Crippen molar-refractivity contribution in [2.75, 3.05) is 7.11 Å². The number of phenols is 1. The third kappa shape index (κ3) is 2.09. The van der Waals surface area contributed by atoms with E-state index in [1.54, 1.807) is 6.07 Å². The summed E-state index contributed by atoms with van der Waals surface area (Å²) in [6, 6.07) is 3.06. The lowest BCUT2D eigenvalue weighted by Crippen LogP contribution is -1.88. The minimum absolute atomic E-state index is 0.0112. The third-order valence-electron chi connectivity index (χ3n) is 1.59. The summed E-state index contributed by atoms with van der Waals surface area (Å²) in [5.41, 5.74) is 7.15. The lowest BCUT2D eigenvalue weighted by atomic mass is 10.2. The van der Waals surface area contributed by atoms with Gasteiger partial charge in [0.25, 0.3) is 0 Å². The van der Waals surface area contributed by atoms with Gasteiger partial charge >= 0.3 is 0 Å². The monoisotopic (exact) mass is 200 g/mol. The standard InChI is InChI=1S/C8H9ClN2O2/c1-13-7-3-6(9)2-5(4-11-10)8(7)12/h2-3,10,12H,4H2,1H3. The van der Waals surface area contributed by atoms with Crippen LogP contribution in [0.15, 0.2) is 17.2 Å². The van der Waals surface area contributed by atoms with E-state index in [0.717, 1.165) is 0 Å². The Kier molecular flexibility index (Phi) is 3.08. The summed E-state index contributed by atoms with van der Waals surface area (Å²) in [6.07, 6.45) is 0. The number of methoxy groups -OCH3 is 1. The number of hydrogen-bond acceptors (Lipinski definition) is 4. The van der Waals surface area contributed by atoms with E-state index in [4.69, 9.17) is 21.9 Å². The number of hydrogen-bond donors (Lipinski definition) is 2. The Labute approximate surface area is 80.6 Å². The van der Waals surface area contributed by atoms with E-state index in [2.05, 4.69) is 5.11 Å². The summed E-state index contributed by atoms with van der Waals surface area (Å²) in [4.78, 5) is 0. The quantitative estimate of drug-likeness (QED) is 0.737. The van der Waals surface area contributed by atoms with Crippen molar-refractivity contribution in [1.82, 2.24) is 0 Å². The zero-order valence-electron chi connectivity index (χ0n) is 7.04. The average Bonchev–Trinajstić information content (AvgIpc) is 2.11. The van der Waals surface area contributed by atoms with Gasteiger partial charge in [0.05, 0.1) is 13.7 Å². The molecule has 0 heterocycles. The topological polar surface area (TPSA) is 65.7 Å². The molecule has 1 rings (SSSR count). The summed E-state index contributed by atoms with van der Waals surface area (Å²) in [5, 5.41) is 13.1. The minimum Gasteiger partial charge on any atom is -0.504 e. The highest BCUT2D eigenvalue weighted by atomic mass is 35.5. The Bertz CT molecular complexity index is 328. The van der Waals surface area contributed by atoms with Gasteiger partial charge in [-0.25, -0.2) is 5.53 Å². The number of nitrogens with one attached hydrogen (secondary N) is 1. The predicted octanol–water partition coefficient (Wildman–Crippen LogP) is 2.59. The second kappa shape index (κ2) is 4.09. The molecule has 4 nitrogen and oxygen atoms in total. The van der Waals surface area contributed by atoms with Crippen molar-refractivity contribution in [1.29, 1.82) is 5.53 Å². The van der Waals surface area contributed by atoms with Gasteiger partial charge < -0.3 is 9.84 Å². The zero-order chi connectivity index (χ0) is 9.84. The molecule has 0 bridgehead atoms. The van der Waals surface area contributed by atoms with E-state index < -0.39 is 0 Å². The van der Waals surface area contributed by atoms with Crippen molar-refractivity contribution in [3.63, 3.8) is 0 Å². The first kappa shape index (κ1) is 9.80. The maximum Gasteiger partial charge on any atom is 0.162 e. The van der Waals surface area contributed by atoms with Gasteiger partial charge in [-0.1, -0.05) is 11.6 Å². The first-order valence-electron chi connectivity index (χ1n) is 3.57. The largest absolute Gasteiger partial charge is 0.504 e. The van der Waals surface area contributed by atoms with Gasteiger partial charge in [0.15, 0.2) is 11.5 Å². The normalized spacial score (nSPS) is 9.69. The summed E-state index contributed by atoms with van der Waals surface area (Å²) >= 11 is 5.74. The van der Waals surface area contributed by atoms with Crippen LogP contribution in [-0.2, 0) is 6.54 Å². The molecule has 0 unspecified atom stereocenters. The van der Waals surface area contributed by atoms with Crippen LogP contribution in [-0.4, -0.2) is 12.2 Å². The van der Waals surface area contributed by atoms with Crippen LogP contribution in [0.1, 0.15) is 5.56 Å². The lowest BCUT2D eigenvalue weighted by molar-refractivity contribution is 0.370. The summed E-state index contributed by atoms with van der Waals surface area (Å²) in [6.45, 7) is 0.1000. The summed E-state index contributed by atoms with van der Waals surface area (Å²) in [7, 11) is 1.44. The molecular weight excluding hydrogens is 192 g/mol. The van der Waals surface area contributed by atoms with Crippen LogP contribution < -0.4 is 4.74 Å². The molecule has 0 fully saturated rings. The molecule has 0 aliphatic carbocycles. The molecule has 0 aliphatic heterocycles. The SMILES string of the molecule is COc1cc(Cl)cc(CN=N)c1O. The zero-order valence-corrected chi connectivity index (χ0v) is 7.80. The predicted molar refractivity (Wildman–Crippen MR) is 48.5 cm³/mol. The number of rotatable bonds is 3. The van der Waals surface area contributed by atoms with E-state index in [0.29, 0.717) is 16.3 Å². The molecule has 70 valence electrons. The molecule has 0 saturated heterocycles. The molecule has 0 aliphatic rings. The van der Waals surface area contributed by atoms with Gasteiger partial charge in [0.1, 0.15) is 0 Å². The van der Waals surface area contributed by atoms with Gasteiger partial charge in [-0.3, -0.25) is 0 Å². The van der Waals surface area contributed by atoms with Crippen LogP contribution in [0.4, 0.5) is 0 Å². The maximum atomic E-state index is 9.52. The molecule has 0 saturated carbocycles. The van der Waals surface area contributed by atoms with Crippen LogP contribution in [0, 0.1) is 5.53 Å². The number of halogens is 1. The van der Waals surface area contributed by atoms with E-state index in [1.807, 2.05) is 0 Å². The first-order chi connectivity index (χ1) is 6.19. The highest BCUT2D eigenvalue weighted by Crippen LogP contribution is 2.33. The van der Waals surface area contributed by atoms with Crippen molar-refractivity contribution in [3.05, 3.63) is 22.7 Å². The Morgan fingerprint density at radius 3 is 2.85 bits per heavy atom. The fraction of sp³-hybridized carbons (Fsp3) is 0.250. The molecular formula is C8H9ClN2O2. The first-order valence-corrected chi connectivity index (χ1v) is 3.95. The van der Waals surface area contributed by atoms with Crippen LogP contribution in [0.5, 0.6) is 11.5 Å². The molecule has 0 atom stereocenters. The third-order valence-corrected chi connectivity index (χ3v) is 1.81. The molecule has 1 aromatic carbocycles. The number of aromatic hydroxyl groups is 1. The second-order valence-electron chi connectivity index (χ2n) is 2.43. The summed E-state index contributed by atoms with van der Waals surface area (Å²) < 4.78 is 4.88. The molecule has 5 heteroatoms. The van der Waals surface area contributed by atoms with Crippen LogP contribution in [0.25, 0.3) is 0 Å². The van der Waals surface area contributed by atoms with E-state index in [9.17, 15) is 5.11 Å². The molecule has 0 aromatic heterocycles. The molecule has 13 heavy (non-hydrogen) atoms. The highest BCUT2D eigenvalue weighted by Gasteiger charge is 2.08. The fourth-order valence-corrected chi connectivity index (χ4v) is 1.22. The smallest absolute Gasteiger partial charge is 0.162 e. The Morgan fingerprint density at radius 1 is 1.62 bits per heavy atom. The Hall–Kier alpha value is -1.29. The van der Waals surface area contributed by atoms with Gasteiger partial charge in [0.2, 0.25) is 0 Å². The highest BCUT2D eigenvalue weighted by molar-refractivity contribution is 6.30. The van der Waals surface area contributed by atoms with Crippen molar-refractivity contribution in [3.8, 4) is 11.5 Å². The van der Waals surface area contributed by atoms with Crippen LogP contribution in [0.3, 0.4) is 0 Å². The molecule has 0 spiro atoms. The second-order valence-corrected chi connectivity index (χ2v) is 2.87. The van der Waals surface area contributed by atoms with Gasteiger partial charge in [0, 0.05) is 16.7 Å². The van der Waals surface area contributed by atoms with Crippen molar-refractivity contribution < 1.29 is 9.84 Å². The fourth-order valence-electron chi connectivity index (χ4n) is 0.990. The van der Waals surface area contributed by atoms with Crippen LogP contribution >= 0.6 is 11.6 Å². The molecule has 1 aromatic rings. The average molecular weight is 201 g/mol. The lowest BCUT2D eigenvalue weighted by Gasteiger charge is -2.07. The van der Waals surface area contributed by atoms with E-state index in [-0.39, 0.29) is 12.3 Å².